The van der Waals surface area contributed by atoms with Crippen molar-refractivity contribution in [2.45, 2.75) is 19.4 Å². The van der Waals surface area contributed by atoms with Crippen LogP contribution in [0.3, 0.4) is 0 Å². The van der Waals surface area contributed by atoms with Gasteiger partial charge in [-0.3, -0.25) is 0 Å². The summed E-state index contributed by atoms with van der Waals surface area (Å²) in [4.78, 5) is 0. The molecule has 11 heavy (non-hydrogen) atoms. The largest absolute Gasteiger partial charge is 0.351 e. The van der Waals surface area contributed by atoms with Gasteiger partial charge in [-0.05, 0) is 13.2 Å². The number of nitrogens with zero attached hydrogens (tertiary/aromatic N) is 1. The lowest BCUT2D eigenvalue weighted by Crippen LogP contribution is -2.10. The molecule has 0 radical (unpaired) electrons. The van der Waals surface area contributed by atoms with Crippen molar-refractivity contribution in [1.29, 1.82) is 5.26 Å². The first-order chi connectivity index (χ1) is 5.31. The molecule has 0 aromatic heterocycles. The average Bonchev–Trinajstić information content (AvgIpc) is 1.99. The van der Waals surface area contributed by atoms with E-state index < -0.39 is 0 Å². The van der Waals surface area contributed by atoms with Crippen molar-refractivity contribution >= 4 is 11.8 Å². The molecular formula is C7H13NO2S. The minimum Gasteiger partial charge on any atom is -0.351 e. The zero-order valence-electron chi connectivity index (χ0n) is 6.87. The van der Waals surface area contributed by atoms with E-state index >= 15 is 0 Å². The highest BCUT2D eigenvalue weighted by molar-refractivity contribution is 7.98. The Morgan fingerprint density at radius 3 is 2.91 bits per heavy atom. The normalized spacial score (nSPS) is 12.5. The maximum Gasteiger partial charge on any atom is 0.148 e. The number of ether oxygens (including phenoxy) is 2. The first kappa shape index (κ1) is 10.8. The van der Waals surface area contributed by atoms with E-state index in [-0.39, 0.29) is 12.9 Å². The molecule has 0 aliphatic heterocycles. The van der Waals surface area contributed by atoms with Gasteiger partial charge >= 0.3 is 0 Å². The van der Waals surface area contributed by atoms with Crippen LogP contribution in [0.15, 0.2) is 0 Å². The third-order valence-corrected chi connectivity index (χ3v) is 1.42. The predicted octanol–water partition coefficient (Wildman–Crippen LogP) is 1.60. The molecule has 0 spiro atoms. The number of rotatable bonds is 6. The Labute approximate surface area is 71.7 Å². The van der Waals surface area contributed by atoms with Gasteiger partial charge in [0.15, 0.2) is 0 Å². The van der Waals surface area contributed by atoms with Crippen LogP contribution in [0.4, 0.5) is 0 Å². The third-order valence-electron chi connectivity index (χ3n) is 1.02. The minimum absolute atomic E-state index is 0.0261. The third kappa shape index (κ3) is 7.66. The van der Waals surface area contributed by atoms with Gasteiger partial charge in [0.25, 0.3) is 0 Å². The fourth-order valence-corrected chi connectivity index (χ4v) is 0.704. The summed E-state index contributed by atoms with van der Waals surface area (Å²) in [5.74, 6) is 0.638. The second-order valence-electron chi connectivity index (χ2n) is 2.07. The summed E-state index contributed by atoms with van der Waals surface area (Å²) in [5, 5.41) is 8.26. The lowest BCUT2D eigenvalue weighted by atomic mass is 10.3. The maximum atomic E-state index is 8.26. The van der Waals surface area contributed by atoms with Crippen molar-refractivity contribution in [3.63, 3.8) is 0 Å². The lowest BCUT2D eigenvalue weighted by Gasteiger charge is -2.08. The van der Waals surface area contributed by atoms with E-state index in [1.807, 2.05) is 19.2 Å². The molecule has 0 saturated heterocycles. The van der Waals surface area contributed by atoms with Gasteiger partial charge in [0, 0.05) is 0 Å². The molecule has 0 heterocycles. The number of hydrogen-bond acceptors (Lipinski definition) is 4. The van der Waals surface area contributed by atoms with E-state index in [2.05, 4.69) is 0 Å². The number of nitriles is 1. The lowest BCUT2D eigenvalue weighted by molar-refractivity contribution is -0.0680. The van der Waals surface area contributed by atoms with E-state index in [0.29, 0.717) is 12.4 Å². The highest BCUT2D eigenvalue weighted by Gasteiger charge is 1.99. The quantitative estimate of drug-likeness (QED) is 0.454. The Morgan fingerprint density at radius 1 is 1.64 bits per heavy atom. The summed E-state index contributed by atoms with van der Waals surface area (Å²) in [6.45, 7) is 2.13. The van der Waals surface area contributed by atoms with Crippen LogP contribution in [0.5, 0.6) is 0 Å². The van der Waals surface area contributed by atoms with E-state index in [0.717, 1.165) is 0 Å². The molecule has 1 atom stereocenters. The summed E-state index contributed by atoms with van der Waals surface area (Å²) in [5.41, 5.74) is 0. The van der Waals surface area contributed by atoms with E-state index in [1.54, 1.807) is 11.8 Å². The fraction of sp³-hybridized carbons (Fsp3) is 0.857. The average molecular weight is 175 g/mol. The Hall–Kier alpha value is -0.240. The Morgan fingerprint density at radius 2 is 2.36 bits per heavy atom. The molecule has 0 aromatic rings. The first-order valence-electron chi connectivity index (χ1n) is 3.36. The smallest absolute Gasteiger partial charge is 0.148 e. The molecule has 0 amide bonds. The SMILES string of the molecule is CSCOCOC(C)CC#N. The molecule has 0 aromatic carbocycles. The molecule has 0 aliphatic rings. The molecule has 0 fully saturated rings. The van der Waals surface area contributed by atoms with Crippen LogP contribution in [0.2, 0.25) is 0 Å². The highest BCUT2D eigenvalue weighted by atomic mass is 32.2. The van der Waals surface area contributed by atoms with Crippen molar-refractivity contribution < 1.29 is 9.47 Å². The summed E-state index contributed by atoms with van der Waals surface area (Å²) >= 11 is 1.60. The molecule has 64 valence electrons. The zero-order valence-corrected chi connectivity index (χ0v) is 7.69. The van der Waals surface area contributed by atoms with Crippen molar-refractivity contribution in [1.82, 2.24) is 0 Å². The molecule has 0 rings (SSSR count). The van der Waals surface area contributed by atoms with Crippen LogP contribution >= 0.6 is 11.8 Å². The second kappa shape index (κ2) is 7.86. The van der Waals surface area contributed by atoms with Crippen molar-refractivity contribution in [2.24, 2.45) is 0 Å². The standard InChI is InChI=1S/C7H13NO2S/c1-7(3-4-8)10-5-9-6-11-2/h7H,3,5-6H2,1-2H3. The number of hydrogen-bond donors (Lipinski definition) is 0. The van der Waals surface area contributed by atoms with Crippen LogP contribution in [-0.2, 0) is 9.47 Å². The molecule has 0 bridgehead atoms. The van der Waals surface area contributed by atoms with Gasteiger partial charge in [0.05, 0.1) is 24.5 Å². The molecule has 3 nitrogen and oxygen atoms in total. The van der Waals surface area contributed by atoms with Gasteiger partial charge in [0.1, 0.15) is 6.79 Å². The minimum atomic E-state index is -0.0261. The van der Waals surface area contributed by atoms with Crippen LogP contribution in [0.25, 0.3) is 0 Å². The van der Waals surface area contributed by atoms with Crippen LogP contribution in [0.1, 0.15) is 13.3 Å². The van der Waals surface area contributed by atoms with Crippen molar-refractivity contribution in [3.05, 3.63) is 0 Å². The van der Waals surface area contributed by atoms with Gasteiger partial charge in [-0.2, -0.15) is 5.26 Å². The summed E-state index contributed by atoms with van der Waals surface area (Å²) in [6.07, 6.45) is 2.35. The molecule has 0 saturated carbocycles. The summed E-state index contributed by atoms with van der Waals surface area (Å²) < 4.78 is 10.2. The van der Waals surface area contributed by atoms with Gasteiger partial charge < -0.3 is 9.47 Å². The van der Waals surface area contributed by atoms with Crippen LogP contribution in [0, 0.1) is 11.3 Å². The Balaban J connectivity index is 3.05. The molecule has 1 unspecified atom stereocenters. The summed E-state index contributed by atoms with van der Waals surface area (Å²) in [7, 11) is 0. The van der Waals surface area contributed by atoms with Crippen molar-refractivity contribution in [3.8, 4) is 6.07 Å². The topological polar surface area (TPSA) is 42.2 Å². The van der Waals surface area contributed by atoms with Gasteiger partial charge in [-0.1, -0.05) is 0 Å². The molecular weight excluding hydrogens is 162 g/mol. The van der Waals surface area contributed by atoms with Gasteiger partial charge in [-0.25, -0.2) is 0 Å². The van der Waals surface area contributed by atoms with Gasteiger partial charge in [-0.15, -0.1) is 11.8 Å². The van der Waals surface area contributed by atoms with E-state index in [1.165, 1.54) is 0 Å². The zero-order chi connectivity index (χ0) is 8.53. The number of thioether (sulfide) groups is 1. The first-order valence-corrected chi connectivity index (χ1v) is 4.76. The highest BCUT2D eigenvalue weighted by Crippen LogP contribution is 1.97. The van der Waals surface area contributed by atoms with Crippen molar-refractivity contribution in [2.75, 3.05) is 19.0 Å². The molecule has 0 N–H and O–H groups in total. The molecule has 4 heteroatoms. The van der Waals surface area contributed by atoms with E-state index in [9.17, 15) is 0 Å². The monoisotopic (exact) mass is 175 g/mol. The van der Waals surface area contributed by atoms with E-state index in [4.69, 9.17) is 14.7 Å². The van der Waals surface area contributed by atoms with Crippen LogP contribution in [-0.4, -0.2) is 25.1 Å². The second-order valence-corrected chi connectivity index (χ2v) is 2.88. The predicted molar refractivity (Wildman–Crippen MR) is 45.1 cm³/mol. The maximum absolute atomic E-state index is 8.26. The van der Waals surface area contributed by atoms with Crippen LogP contribution < -0.4 is 0 Å². The molecule has 0 aliphatic carbocycles. The van der Waals surface area contributed by atoms with Gasteiger partial charge in [0.2, 0.25) is 0 Å². The summed E-state index contributed by atoms with van der Waals surface area (Å²) in [6, 6.07) is 2.02. The Kier molecular flexibility index (Phi) is 7.69. The fourth-order valence-electron chi connectivity index (χ4n) is 0.469. The Bertz CT molecular complexity index is 124.